The minimum absolute atomic E-state index is 0.0180. The summed E-state index contributed by atoms with van der Waals surface area (Å²) < 4.78 is 0. The minimum atomic E-state index is -0.965. The summed E-state index contributed by atoms with van der Waals surface area (Å²) in [5.41, 5.74) is 1.02. The Hall–Kier alpha value is -1.84. The van der Waals surface area contributed by atoms with Gasteiger partial charge < -0.3 is 10.0 Å². The second-order valence-electron chi connectivity index (χ2n) is 5.84. The molecule has 2 rings (SSSR count). The van der Waals surface area contributed by atoms with E-state index in [0.717, 1.165) is 18.4 Å². The Morgan fingerprint density at radius 1 is 1.35 bits per heavy atom. The van der Waals surface area contributed by atoms with Crippen LogP contribution in [-0.4, -0.2) is 28.4 Å². The zero-order valence-corrected chi connectivity index (χ0v) is 12.0. The molecule has 0 aliphatic heterocycles. The third-order valence-corrected chi connectivity index (χ3v) is 4.31. The highest BCUT2D eigenvalue weighted by Crippen LogP contribution is 2.55. The maximum atomic E-state index is 12.5. The van der Waals surface area contributed by atoms with Gasteiger partial charge in [-0.25, -0.2) is 0 Å². The third-order valence-electron chi connectivity index (χ3n) is 4.31. The van der Waals surface area contributed by atoms with E-state index in [1.165, 1.54) is 4.90 Å². The summed E-state index contributed by atoms with van der Waals surface area (Å²) >= 11 is 0. The van der Waals surface area contributed by atoms with Gasteiger partial charge in [0.2, 0.25) is 5.91 Å². The normalized spacial score (nSPS) is 24.2. The lowest BCUT2D eigenvalue weighted by Gasteiger charge is -2.22. The molecule has 0 bridgehead atoms. The molecule has 1 amide bonds. The van der Waals surface area contributed by atoms with Gasteiger partial charge in [-0.2, -0.15) is 0 Å². The van der Waals surface area contributed by atoms with Crippen molar-refractivity contribution in [3.05, 3.63) is 35.9 Å². The van der Waals surface area contributed by atoms with Crippen LogP contribution >= 0.6 is 0 Å². The Kier molecular flexibility index (Phi) is 4.12. The van der Waals surface area contributed by atoms with Gasteiger partial charge in [-0.1, -0.05) is 44.2 Å². The maximum Gasteiger partial charge on any atom is 0.323 e. The molecule has 108 valence electrons. The summed E-state index contributed by atoms with van der Waals surface area (Å²) in [5, 5.41) is 9.01. The highest BCUT2D eigenvalue weighted by Gasteiger charge is 2.54. The van der Waals surface area contributed by atoms with E-state index in [1.807, 2.05) is 30.3 Å². The van der Waals surface area contributed by atoms with Crippen LogP contribution in [0.15, 0.2) is 30.3 Å². The topological polar surface area (TPSA) is 57.6 Å². The van der Waals surface area contributed by atoms with Gasteiger partial charge in [0.1, 0.15) is 6.54 Å². The number of benzene rings is 1. The van der Waals surface area contributed by atoms with Gasteiger partial charge in [0, 0.05) is 12.5 Å². The average molecular weight is 275 g/mol. The molecule has 0 spiro atoms. The SMILES string of the molecule is CCC1(C)CC1C(=O)N(CC(=O)O)Cc1ccccc1. The molecule has 0 heterocycles. The fourth-order valence-electron chi connectivity index (χ4n) is 2.58. The quantitative estimate of drug-likeness (QED) is 0.868. The lowest BCUT2D eigenvalue weighted by molar-refractivity contribution is -0.145. The number of carboxylic acid groups (broad SMARTS) is 1. The monoisotopic (exact) mass is 275 g/mol. The first-order chi connectivity index (χ1) is 9.46. The molecule has 2 atom stereocenters. The van der Waals surface area contributed by atoms with Crippen molar-refractivity contribution < 1.29 is 14.7 Å². The number of hydrogen-bond donors (Lipinski definition) is 1. The summed E-state index contributed by atoms with van der Waals surface area (Å²) in [6, 6.07) is 9.52. The molecule has 1 N–H and O–H groups in total. The molecule has 4 heteroatoms. The van der Waals surface area contributed by atoms with Crippen molar-refractivity contribution >= 4 is 11.9 Å². The lowest BCUT2D eigenvalue weighted by atomic mass is 10.0. The predicted octanol–water partition coefficient (Wildman–Crippen LogP) is 2.54. The number of amides is 1. The molecule has 4 nitrogen and oxygen atoms in total. The molecule has 1 saturated carbocycles. The van der Waals surface area contributed by atoms with Crippen molar-refractivity contribution in [3.63, 3.8) is 0 Å². The van der Waals surface area contributed by atoms with E-state index in [1.54, 1.807) is 0 Å². The first-order valence-electron chi connectivity index (χ1n) is 7.01. The molecular weight excluding hydrogens is 254 g/mol. The van der Waals surface area contributed by atoms with Gasteiger partial charge in [0.15, 0.2) is 0 Å². The second-order valence-corrected chi connectivity index (χ2v) is 5.84. The molecular formula is C16H21NO3. The van der Waals surface area contributed by atoms with Crippen LogP contribution in [0.2, 0.25) is 0 Å². The van der Waals surface area contributed by atoms with E-state index >= 15 is 0 Å². The van der Waals surface area contributed by atoms with Gasteiger partial charge in [0.05, 0.1) is 0 Å². The lowest BCUT2D eigenvalue weighted by Crippen LogP contribution is -2.37. The van der Waals surface area contributed by atoms with Crippen LogP contribution in [0, 0.1) is 11.3 Å². The first-order valence-corrected chi connectivity index (χ1v) is 7.01. The molecule has 1 aromatic carbocycles. The zero-order chi connectivity index (χ0) is 14.8. The number of carbonyl (C=O) groups excluding carboxylic acids is 1. The number of aliphatic carboxylic acids is 1. The van der Waals surface area contributed by atoms with E-state index < -0.39 is 5.97 Å². The molecule has 0 radical (unpaired) electrons. The number of nitrogens with zero attached hydrogens (tertiary/aromatic N) is 1. The standard InChI is InChI=1S/C16H21NO3/c1-3-16(2)9-13(16)15(20)17(11-14(18)19)10-12-7-5-4-6-8-12/h4-8,13H,3,9-11H2,1-2H3,(H,18,19). The summed E-state index contributed by atoms with van der Waals surface area (Å²) in [5.74, 6) is -1.01. The summed E-state index contributed by atoms with van der Waals surface area (Å²) in [4.78, 5) is 24.9. The van der Waals surface area contributed by atoms with Crippen LogP contribution in [0.5, 0.6) is 0 Å². The second kappa shape index (κ2) is 5.65. The van der Waals surface area contributed by atoms with E-state index in [-0.39, 0.29) is 23.8 Å². The summed E-state index contributed by atoms with van der Waals surface area (Å²) in [6.45, 7) is 4.30. The minimum Gasteiger partial charge on any atom is -0.480 e. The largest absolute Gasteiger partial charge is 0.480 e. The molecule has 1 aliphatic rings. The first kappa shape index (κ1) is 14.6. The average Bonchev–Trinajstić information content (AvgIpc) is 3.11. The van der Waals surface area contributed by atoms with E-state index in [2.05, 4.69) is 13.8 Å². The van der Waals surface area contributed by atoms with E-state index in [0.29, 0.717) is 6.54 Å². The van der Waals surface area contributed by atoms with Crippen molar-refractivity contribution in [3.8, 4) is 0 Å². The van der Waals surface area contributed by atoms with Crippen molar-refractivity contribution in [2.75, 3.05) is 6.54 Å². The van der Waals surface area contributed by atoms with Crippen molar-refractivity contribution in [1.82, 2.24) is 4.90 Å². The van der Waals surface area contributed by atoms with Gasteiger partial charge in [-0.05, 0) is 23.8 Å². The van der Waals surface area contributed by atoms with Crippen LogP contribution in [0.3, 0.4) is 0 Å². The third kappa shape index (κ3) is 3.18. The fourth-order valence-corrected chi connectivity index (χ4v) is 2.58. The van der Waals surface area contributed by atoms with Crippen molar-refractivity contribution in [2.45, 2.75) is 33.2 Å². The molecule has 1 aliphatic carbocycles. The Labute approximate surface area is 119 Å². The van der Waals surface area contributed by atoms with Crippen molar-refractivity contribution in [2.24, 2.45) is 11.3 Å². The van der Waals surface area contributed by atoms with Crippen molar-refractivity contribution in [1.29, 1.82) is 0 Å². The van der Waals surface area contributed by atoms with E-state index in [9.17, 15) is 9.59 Å². The predicted molar refractivity (Wildman–Crippen MR) is 76.0 cm³/mol. The Morgan fingerprint density at radius 2 is 2.00 bits per heavy atom. The number of rotatable bonds is 6. The van der Waals surface area contributed by atoms with Crippen LogP contribution in [0.1, 0.15) is 32.3 Å². The number of hydrogen-bond acceptors (Lipinski definition) is 2. The Balaban J connectivity index is 2.08. The molecule has 1 fully saturated rings. The number of carboxylic acids is 1. The summed E-state index contributed by atoms with van der Waals surface area (Å²) in [7, 11) is 0. The van der Waals surface area contributed by atoms with Gasteiger partial charge in [-0.3, -0.25) is 9.59 Å². The highest BCUT2D eigenvalue weighted by atomic mass is 16.4. The zero-order valence-electron chi connectivity index (χ0n) is 12.0. The van der Waals surface area contributed by atoms with E-state index in [4.69, 9.17) is 5.11 Å². The van der Waals surface area contributed by atoms with Crippen LogP contribution < -0.4 is 0 Å². The van der Waals surface area contributed by atoms with Gasteiger partial charge in [-0.15, -0.1) is 0 Å². The molecule has 2 unspecified atom stereocenters. The molecule has 1 aromatic rings. The smallest absolute Gasteiger partial charge is 0.323 e. The fraction of sp³-hybridized carbons (Fsp3) is 0.500. The maximum absolute atomic E-state index is 12.5. The Morgan fingerprint density at radius 3 is 2.50 bits per heavy atom. The highest BCUT2D eigenvalue weighted by molar-refractivity contribution is 5.85. The number of carbonyl (C=O) groups is 2. The van der Waals surface area contributed by atoms with Gasteiger partial charge >= 0.3 is 5.97 Å². The molecule has 0 aromatic heterocycles. The Bertz CT molecular complexity index is 500. The van der Waals surface area contributed by atoms with Crippen LogP contribution in [-0.2, 0) is 16.1 Å². The van der Waals surface area contributed by atoms with Crippen LogP contribution in [0.4, 0.5) is 0 Å². The molecule has 0 saturated heterocycles. The van der Waals surface area contributed by atoms with Crippen LogP contribution in [0.25, 0.3) is 0 Å². The summed E-state index contributed by atoms with van der Waals surface area (Å²) in [6.07, 6.45) is 1.82. The molecule has 20 heavy (non-hydrogen) atoms. The van der Waals surface area contributed by atoms with Gasteiger partial charge in [0.25, 0.3) is 0 Å².